The van der Waals surface area contributed by atoms with Crippen molar-refractivity contribution in [2.75, 3.05) is 6.61 Å². The van der Waals surface area contributed by atoms with Crippen LogP contribution < -0.4 is 0 Å². The van der Waals surface area contributed by atoms with Crippen LogP contribution in [0, 0.1) is 76.9 Å². The lowest BCUT2D eigenvalue weighted by Crippen LogP contribution is -2.48. The number of hydrogen-bond acceptors (Lipinski definition) is 2. The molecular formula is C65H116O2. The van der Waals surface area contributed by atoms with Crippen molar-refractivity contribution in [3.8, 4) is 0 Å². The zero-order valence-corrected chi connectivity index (χ0v) is 45.2. The van der Waals surface area contributed by atoms with E-state index in [9.17, 15) is 4.79 Å². The zero-order chi connectivity index (χ0) is 46.1. The van der Waals surface area contributed by atoms with E-state index in [1.165, 1.54) is 244 Å². The van der Waals surface area contributed by atoms with E-state index in [-0.39, 0.29) is 11.9 Å². The first kappa shape index (κ1) is 54.2. The monoisotopic (exact) mass is 929 g/mol. The quantitative estimate of drug-likeness (QED) is 0.0475. The van der Waals surface area contributed by atoms with E-state index in [2.05, 4.69) is 6.92 Å². The molecule has 388 valence electrons. The summed E-state index contributed by atoms with van der Waals surface area (Å²) in [6.45, 7) is 2.99. The highest BCUT2D eigenvalue weighted by Gasteiger charge is 2.52. The van der Waals surface area contributed by atoms with E-state index >= 15 is 0 Å². The molecule has 0 heterocycles. The smallest absolute Gasteiger partial charge is 0.309 e. The number of unbranched alkanes of at least 4 members (excludes halogenated alkanes) is 31. The second-order valence-corrected chi connectivity index (χ2v) is 26.3. The third kappa shape index (κ3) is 18.5. The van der Waals surface area contributed by atoms with E-state index in [1.54, 1.807) is 57.8 Å². The highest BCUT2D eigenvalue weighted by atomic mass is 16.5. The lowest BCUT2D eigenvalue weighted by molar-refractivity contribution is -0.156. The van der Waals surface area contributed by atoms with Crippen molar-refractivity contribution in [1.82, 2.24) is 0 Å². The van der Waals surface area contributed by atoms with Gasteiger partial charge in [0.15, 0.2) is 0 Å². The van der Waals surface area contributed by atoms with Gasteiger partial charge in [-0.25, -0.2) is 0 Å². The predicted molar refractivity (Wildman–Crippen MR) is 288 cm³/mol. The summed E-state index contributed by atoms with van der Waals surface area (Å²) in [5.41, 5.74) is 0. The van der Waals surface area contributed by atoms with Crippen molar-refractivity contribution in [1.29, 1.82) is 0 Å². The van der Waals surface area contributed by atoms with Crippen molar-refractivity contribution in [2.45, 2.75) is 322 Å². The second-order valence-electron chi connectivity index (χ2n) is 26.3. The van der Waals surface area contributed by atoms with Gasteiger partial charge in [-0.2, -0.15) is 0 Å². The maximum atomic E-state index is 13.6. The Bertz CT molecular complexity index is 1270. The van der Waals surface area contributed by atoms with Gasteiger partial charge in [0.1, 0.15) is 0 Å². The Labute approximate surface area is 418 Å². The summed E-state index contributed by atoms with van der Waals surface area (Å²) < 4.78 is 6.12. The molecule has 0 saturated heterocycles. The fourth-order valence-corrected chi connectivity index (χ4v) is 17.7. The first-order chi connectivity index (χ1) is 33.2. The molecule has 0 aliphatic heterocycles. The second kappa shape index (κ2) is 31.8. The molecule has 0 aromatic carbocycles. The molecule has 0 aromatic rings. The average Bonchev–Trinajstić information content (AvgIpc) is 3.34. The van der Waals surface area contributed by atoms with Crippen LogP contribution in [-0.2, 0) is 9.53 Å². The molecule has 0 spiro atoms. The molecule has 0 radical (unpaired) electrons. The van der Waals surface area contributed by atoms with Crippen LogP contribution in [0.25, 0.3) is 0 Å². The van der Waals surface area contributed by atoms with Gasteiger partial charge in [-0.1, -0.05) is 244 Å². The van der Waals surface area contributed by atoms with E-state index in [0.717, 1.165) is 77.9 Å². The number of hydrogen-bond donors (Lipinski definition) is 0. The van der Waals surface area contributed by atoms with Crippen LogP contribution in [0.2, 0.25) is 0 Å². The molecule has 0 amide bonds. The van der Waals surface area contributed by atoms with E-state index in [0.29, 0.717) is 12.5 Å². The molecule has 0 bridgehead atoms. The molecular weight excluding hydrogens is 813 g/mol. The van der Waals surface area contributed by atoms with Crippen LogP contribution in [0.5, 0.6) is 0 Å². The summed E-state index contributed by atoms with van der Waals surface area (Å²) in [7, 11) is 0. The van der Waals surface area contributed by atoms with Crippen molar-refractivity contribution in [3.63, 3.8) is 0 Å². The summed E-state index contributed by atoms with van der Waals surface area (Å²) in [5, 5.41) is 0. The normalized spacial score (nSPS) is 33.4. The summed E-state index contributed by atoms with van der Waals surface area (Å²) in [6.07, 6.45) is 71.5. The molecule has 67 heavy (non-hydrogen) atoms. The summed E-state index contributed by atoms with van der Waals surface area (Å²) in [5.74, 6) is 12.3. The largest absolute Gasteiger partial charge is 0.465 e. The van der Waals surface area contributed by atoms with Crippen LogP contribution in [-0.4, -0.2) is 12.6 Å². The third-order valence-corrected chi connectivity index (χ3v) is 21.5. The summed E-state index contributed by atoms with van der Waals surface area (Å²) >= 11 is 0. The van der Waals surface area contributed by atoms with Gasteiger partial charge in [-0.15, -0.1) is 0 Å². The molecule has 0 N–H and O–H groups in total. The molecule has 7 aliphatic rings. The van der Waals surface area contributed by atoms with Gasteiger partial charge in [0.05, 0.1) is 12.5 Å². The fourth-order valence-electron chi connectivity index (χ4n) is 17.7. The van der Waals surface area contributed by atoms with Gasteiger partial charge in [0, 0.05) is 0 Å². The van der Waals surface area contributed by atoms with Crippen LogP contribution in [0.1, 0.15) is 322 Å². The maximum Gasteiger partial charge on any atom is 0.309 e. The molecule has 13 unspecified atom stereocenters. The van der Waals surface area contributed by atoms with Crippen molar-refractivity contribution >= 4 is 5.97 Å². The Kier molecular flexibility index (Phi) is 25.8. The van der Waals surface area contributed by atoms with E-state index in [4.69, 9.17) is 4.74 Å². The third-order valence-electron chi connectivity index (χ3n) is 21.5. The SMILES string of the molecule is CCCCCCCCCCCCCCCCCCCCCCCCCCCCCCCCCCOC(=O)C1CCCC2CC3CC4CC5CC6CC7CCCCC7CC6CC5CC4CC3CC21. The van der Waals surface area contributed by atoms with Gasteiger partial charge < -0.3 is 4.74 Å². The maximum absolute atomic E-state index is 13.6. The Hall–Kier alpha value is -0.530. The Morgan fingerprint density at radius 2 is 0.567 bits per heavy atom. The van der Waals surface area contributed by atoms with E-state index < -0.39 is 0 Å². The lowest BCUT2D eigenvalue weighted by atomic mass is 9.48. The van der Waals surface area contributed by atoms with Crippen molar-refractivity contribution < 1.29 is 9.53 Å². The van der Waals surface area contributed by atoms with E-state index in [1.807, 2.05) is 0 Å². The molecule has 2 heteroatoms. The molecule has 2 nitrogen and oxygen atoms in total. The number of carbonyl (C=O) groups is 1. The summed E-state index contributed by atoms with van der Waals surface area (Å²) in [4.78, 5) is 13.6. The average molecular weight is 930 g/mol. The van der Waals surface area contributed by atoms with Crippen LogP contribution in [0.15, 0.2) is 0 Å². The Balaban J connectivity index is 0.616. The minimum atomic E-state index is 0.201. The standard InChI is InChI=1S/C65H116O2/c1-2-3-4-5-6-7-8-9-10-11-12-13-14-15-16-17-18-19-20-21-22-23-24-25-26-27-28-29-30-31-32-35-41-67-65(66)63-40-36-39-54-44-57-47-60-48-58-45-55-42-52-37-33-34-38-53(52)43-56(55)46-59(58)49-61(60)50-62(57)51-64(54)63/h52-64H,2-51H2,1H3. The Morgan fingerprint density at radius 3 is 0.910 bits per heavy atom. The fraction of sp³-hybridized carbons (Fsp3) is 0.985. The van der Waals surface area contributed by atoms with Gasteiger partial charge in [-0.05, 0) is 148 Å². The molecule has 7 rings (SSSR count). The lowest BCUT2D eigenvalue weighted by Gasteiger charge is -2.57. The molecule has 13 atom stereocenters. The molecule has 0 aromatic heterocycles. The molecule has 7 aliphatic carbocycles. The topological polar surface area (TPSA) is 26.3 Å². The van der Waals surface area contributed by atoms with Gasteiger partial charge in [0.25, 0.3) is 0 Å². The van der Waals surface area contributed by atoms with Crippen molar-refractivity contribution in [3.05, 3.63) is 0 Å². The predicted octanol–water partition coefficient (Wildman–Crippen LogP) is 20.8. The van der Waals surface area contributed by atoms with Crippen molar-refractivity contribution in [2.24, 2.45) is 76.9 Å². The minimum Gasteiger partial charge on any atom is -0.465 e. The highest BCUT2D eigenvalue weighted by Crippen LogP contribution is 2.61. The van der Waals surface area contributed by atoms with Gasteiger partial charge in [0.2, 0.25) is 0 Å². The zero-order valence-electron chi connectivity index (χ0n) is 45.2. The highest BCUT2D eigenvalue weighted by molar-refractivity contribution is 5.73. The van der Waals surface area contributed by atoms with Gasteiger partial charge >= 0.3 is 5.97 Å². The van der Waals surface area contributed by atoms with Crippen LogP contribution in [0.4, 0.5) is 0 Å². The number of carbonyl (C=O) groups excluding carboxylic acids is 1. The van der Waals surface area contributed by atoms with Crippen LogP contribution in [0.3, 0.4) is 0 Å². The molecule has 7 fully saturated rings. The number of rotatable bonds is 34. The summed E-state index contributed by atoms with van der Waals surface area (Å²) in [6, 6.07) is 0. The minimum absolute atomic E-state index is 0.201. The Morgan fingerprint density at radius 1 is 0.299 bits per heavy atom. The number of fused-ring (bicyclic) bond motifs is 6. The number of ether oxygens (including phenoxy) is 1. The first-order valence-electron chi connectivity index (χ1n) is 32.3. The van der Waals surface area contributed by atoms with Crippen LogP contribution >= 0.6 is 0 Å². The first-order valence-corrected chi connectivity index (χ1v) is 32.3. The van der Waals surface area contributed by atoms with Gasteiger partial charge in [-0.3, -0.25) is 4.79 Å². The number of esters is 1. The molecule has 7 saturated carbocycles.